The first-order chi connectivity index (χ1) is 7.97. The van der Waals surface area contributed by atoms with Gasteiger partial charge in [0.05, 0.1) is 11.7 Å². The maximum absolute atomic E-state index is 4.09. The fourth-order valence-corrected chi connectivity index (χ4v) is 3.05. The predicted molar refractivity (Wildman–Crippen MR) is 71.6 cm³/mol. The molecular weight excluding hydrogens is 280 g/mol. The number of nitrogens with zero attached hydrogens (tertiary/aromatic N) is 3. The van der Waals surface area contributed by atoms with Gasteiger partial charge in [-0.05, 0) is 46.6 Å². The van der Waals surface area contributed by atoms with Gasteiger partial charge in [0, 0.05) is 7.05 Å². The number of nitrogens with one attached hydrogen (secondary N) is 1. The van der Waals surface area contributed by atoms with Gasteiger partial charge in [-0.3, -0.25) is 0 Å². The molecule has 1 N–H and O–H groups in total. The van der Waals surface area contributed by atoms with Gasteiger partial charge in [0.25, 0.3) is 0 Å². The van der Waals surface area contributed by atoms with Crippen LogP contribution in [-0.2, 0) is 7.05 Å². The lowest BCUT2D eigenvalue weighted by Gasteiger charge is -2.20. The Morgan fingerprint density at radius 3 is 2.65 bits per heavy atom. The summed E-state index contributed by atoms with van der Waals surface area (Å²) >= 11 is 3.51. The molecule has 0 amide bonds. The second-order valence-electron chi connectivity index (χ2n) is 5.62. The van der Waals surface area contributed by atoms with E-state index in [0.717, 1.165) is 17.6 Å². The van der Waals surface area contributed by atoms with Crippen molar-refractivity contribution in [2.45, 2.75) is 39.7 Å². The zero-order valence-electron chi connectivity index (χ0n) is 11.0. The molecule has 1 aliphatic rings. The highest BCUT2D eigenvalue weighted by atomic mass is 79.9. The van der Waals surface area contributed by atoms with Crippen LogP contribution in [0.4, 0.5) is 0 Å². The number of halogens is 1. The summed E-state index contributed by atoms with van der Waals surface area (Å²) in [7, 11) is 1.96. The van der Waals surface area contributed by atoms with Crippen LogP contribution in [0.25, 0.3) is 0 Å². The molecule has 1 aromatic rings. The van der Waals surface area contributed by atoms with Crippen LogP contribution in [0.3, 0.4) is 0 Å². The molecule has 1 fully saturated rings. The van der Waals surface area contributed by atoms with Crippen molar-refractivity contribution < 1.29 is 0 Å². The molecule has 1 aromatic heterocycles. The first-order valence-electron chi connectivity index (χ1n) is 6.26. The molecule has 5 heteroatoms. The highest BCUT2D eigenvalue weighted by Crippen LogP contribution is 2.58. The third kappa shape index (κ3) is 2.55. The Balaban J connectivity index is 2.22. The first kappa shape index (κ1) is 13.0. The fourth-order valence-electron chi connectivity index (χ4n) is 2.48. The van der Waals surface area contributed by atoms with Crippen LogP contribution < -0.4 is 5.32 Å². The zero-order valence-corrected chi connectivity index (χ0v) is 12.6. The van der Waals surface area contributed by atoms with Gasteiger partial charge in [-0.15, -0.1) is 5.10 Å². The van der Waals surface area contributed by atoms with Crippen molar-refractivity contribution in [2.75, 3.05) is 6.54 Å². The van der Waals surface area contributed by atoms with Gasteiger partial charge in [0.2, 0.25) is 0 Å². The molecule has 96 valence electrons. The molecular formula is C12H21BrN4. The topological polar surface area (TPSA) is 42.7 Å². The molecule has 2 rings (SSSR count). The van der Waals surface area contributed by atoms with E-state index < -0.39 is 0 Å². The Kier molecular flexibility index (Phi) is 3.59. The molecule has 1 heterocycles. The van der Waals surface area contributed by atoms with Crippen molar-refractivity contribution in [3.63, 3.8) is 0 Å². The van der Waals surface area contributed by atoms with E-state index in [9.17, 15) is 0 Å². The average Bonchev–Trinajstić information content (AvgIpc) is 2.76. The van der Waals surface area contributed by atoms with Crippen molar-refractivity contribution in [3.05, 3.63) is 10.3 Å². The average molecular weight is 301 g/mol. The predicted octanol–water partition coefficient (Wildman–Crippen LogP) is 2.66. The molecule has 17 heavy (non-hydrogen) atoms. The van der Waals surface area contributed by atoms with E-state index in [1.807, 2.05) is 11.7 Å². The number of rotatable bonds is 5. The molecule has 0 bridgehead atoms. The van der Waals surface area contributed by atoms with Crippen LogP contribution in [-0.4, -0.2) is 21.5 Å². The van der Waals surface area contributed by atoms with Gasteiger partial charge < -0.3 is 5.32 Å². The van der Waals surface area contributed by atoms with Gasteiger partial charge in [0.15, 0.2) is 4.60 Å². The highest BCUT2D eigenvalue weighted by molar-refractivity contribution is 9.10. The van der Waals surface area contributed by atoms with E-state index in [1.165, 1.54) is 12.1 Å². The van der Waals surface area contributed by atoms with Crippen molar-refractivity contribution in [1.29, 1.82) is 0 Å². The summed E-state index contributed by atoms with van der Waals surface area (Å²) in [5, 5.41) is 11.8. The van der Waals surface area contributed by atoms with E-state index in [-0.39, 0.29) is 0 Å². The van der Waals surface area contributed by atoms with Crippen LogP contribution in [0.15, 0.2) is 4.60 Å². The summed E-state index contributed by atoms with van der Waals surface area (Å²) in [6.45, 7) is 7.89. The zero-order chi connectivity index (χ0) is 12.6. The lowest BCUT2D eigenvalue weighted by Crippen LogP contribution is -2.27. The van der Waals surface area contributed by atoms with E-state index >= 15 is 0 Å². The number of hydrogen-bond acceptors (Lipinski definition) is 3. The molecule has 1 saturated carbocycles. The van der Waals surface area contributed by atoms with E-state index in [2.05, 4.69) is 52.3 Å². The minimum absolute atomic E-state index is 0.360. The Morgan fingerprint density at radius 2 is 2.24 bits per heavy atom. The van der Waals surface area contributed by atoms with Crippen LogP contribution >= 0.6 is 15.9 Å². The second kappa shape index (κ2) is 4.69. The van der Waals surface area contributed by atoms with Gasteiger partial charge >= 0.3 is 0 Å². The molecule has 0 radical (unpaired) electrons. The number of aromatic nitrogens is 3. The Bertz CT molecular complexity index is 380. The highest BCUT2D eigenvalue weighted by Gasteiger charge is 2.51. The normalized spacial score (nSPS) is 23.7. The lowest BCUT2D eigenvalue weighted by molar-refractivity contribution is 0.395. The molecule has 2 atom stereocenters. The standard InChI is InChI=1S/C12H21BrN4/c1-5-6-14-9(8-7-12(8,2)3)10-11(13)15-16-17(10)4/h8-9,14H,5-7H2,1-4H3. The van der Waals surface area contributed by atoms with Crippen molar-refractivity contribution >= 4 is 15.9 Å². The van der Waals surface area contributed by atoms with Crippen molar-refractivity contribution in [2.24, 2.45) is 18.4 Å². The molecule has 1 aliphatic carbocycles. The minimum Gasteiger partial charge on any atom is -0.308 e. The fraction of sp³-hybridized carbons (Fsp3) is 0.833. The number of hydrogen-bond donors (Lipinski definition) is 1. The summed E-state index contributed by atoms with van der Waals surface area (Å²) < 4.78 is 2.75. The van der Waals surface area contributed by atoms with Gasteiger partial charge in [0.1, 0.15) is 0 Å². The molecule has 4 nitrogen and oxygen atoms in total. The van der Waals surface area contributed by atoms with E-state index in [4.69, 9.17) is 0 Å². The minimum atomic E-state index is 0.360. The van der Waals surface area contributed by atoms with E-state index in [1.54, 1.807) is 0 Å². The quantitative estimate of drug-likeness (QED) is 0.909. The maximum atomic E-state index is 4.09. The lowest BCUT2D eigenvalue weighted by atomic mass is 10.0. The van der Waals surface area contributed by atoms with Crippen molar-refractivity contribution in [3.8, 4) is 0 Å². The molecule has 0 spiro atoms. The smallest absolute Gasteiger partial charge is 0.153 e. The van der Waals surface area contributed by atoms with Gasteiger partial charge in [-0.2, -0.15) is 0 Å². The largest absolute Gasteiger partial charge is 0.308 e. The van der Waals surface area contributed by atoms with Crippen molar-refractivity contribution in [1.82, 2.24) is 20.3 Å². The van der Waals surface area contributed by atoms with Crippen LogP contribution in [0.1, 0.15) is 45.3 Å². The summed E-state index contributed by atoms with van der Waals surface area (Å²) in [5.41, 5.74) is 1.61. The Morgan fingerprint density at radius 1 is 1.59 bits per heavy atom. The van der Waals surface area contributed by atoms with Crippen LogP contribution in [0.2, 0.25) is 0 Å². The third-order valence-electron chi connectivity index (χ3n) is 3.73. The first-order valence-corrected chi connectivity index (χ1v) is 7.05. The summed E-state index contributed by atoms with van der Waals surface area (Å²) in [6.07, 6.45) is 2.42. The van der Waals surface area contributed by atoms with Crippen LogP contribution in [0.5, 0.6) is 0 Å². The Hall–Kier alpha value is -0.420. The summed E-state index contributed by atoms with van der Waals surface area (Å²) in [5.74, 6) is 0.683. The molecule has 0 aliphatic heterocycles. The summed E-state index contributed by atoms with van der Waals surface area (Å²) in [4.78, 5) is 0. The number of aryl methyl sites for hydroxylation is 1. The van der Waals surface area contributed by atoms with Crippen LogP contribution in [0, 0.1) is 11.3 Å². The molecule has 0 aromatic carbocycles. The van der Waals surface area contributed by atoms with Gasteiger partial charge in [-0.1, -0.05) is 26.0 Å². The monoisotopic (exact) mass is 300 g/mol. The SMILES string of the molecule is CCCNC(c1c(Br)nnn1C)C1CC1(C)C. The Labute approximate surface area is 111 Å². The maximum Gasteiger partial charge on any atom is 0.153 e. The molecule has 2 unspecified atom stereocenters. The summed E-state index contributed by atoms with van der Waals surface area (Å²) in [6, 6.07) is 0.360. The second-order valence-corrected chi connectivity index (χ2v) is 6.37. The van der Waals surface area contributed by atoms with E-state index in [0.29, 0.717) is 17.4 Å². The van der Waals surface area contributed by atoms with Gasteiger partial charge in [-0.25, -0.2) is 4.68 Å². The third-order valence-corrected chi connectivity index (χ3v) is 4.29. The molecule has 0 saturated heterocycles.